The molecule has 0 N–H and O–H groups in total. The molecule has 0 aliphatic heterocycles. The van der Waals surface area contributed by atoms with Crippen LogP contribution in [-0.2, 0) is 12.8 Å². The molecule has 0 fully saturated rings. The number of rotatable bonds is 1. The van der Waals surface area contributed by atoms with Gasteiger partial charge in [0.2, 0.25) is 0 Å². The van der Waals surface area contributed by atoms with Crippen LogP contribution in [0.4, 0.5) is 0 Å². The zero-order chi connectivity index (χ0) is 12.0. The molecule has 0 spiro atoms. The Labute approximate surface area is 103 Å². The molecule has 2 aromatic rings. The fourth-order valence-corrected chi connectivity index (χ4v) is 3.62. The van der Waals surface area contributed by atoms with Crippen LogP contribution in [0, 0.1) is 0 Å². The number of hydrogen-bond donors (Lipinski definition) is 0. The van der Waals surface area contributed by atoms with E-state index < -0.39 is 0 Å². The van der Waals surface area contributed by atoms with Crippen molar-refractivity contribution in [3.8, 4) is 0 Å². The van der Waals surface area contributed by atoms with Crippen molar-refractivity contribution in [2.24, 2.45) is 0 Å². The van der Waals surface area contributed by atoms with E-state index in [2.05, 4.69) is 10.3 Å². The fraction of sp³-hybridized carbons (Fsp3) is 0.583. The van der Waals surface area contributed by atoms with E-state index in [1.807, 2.05) is 13.8 Å². The Morgan fingerprint density at radius 2 is 2.06 bits per heavy atom. The van der Waals surface area contributed by atoms with Gasteiger partial charge >= 0.3 is 0 Å². The van der Waals surface area contributed by atoms with Gasteiger partial charge in [-0.05, 0) is 45.1 Å². The summed E-state index contributed by atoms with van der Waals surface area (Å²) in [5.41, 5.74) is 1.27. The third kappa shape index (κ3) is 1.60. The average molecular weight is 249 g/mol. The van der Waals surface area contributed by atoms with Crippen molar-refractivity contribution in [3.63, 3.8) is 0 Å². The molecule has 0 saturated carbocycles. The Hall–Kier alpha value is -1.23. The third-order valence-electron chi connectivity index (χ3n) is 3.30. The molecule has 0 aromatic carbocycles. The molecule has 90 valence electrons. The molecule has 5 heteroatoms. The number of aryl methyl sites for hydroxylation is 2. The summed E-state index contributed by atoms with van der Waals surface area (Å²) in [6, 6.07) is 0.0681. The fourth-order valence-electron chi connectivity index (χ4n) is 2.42. The van der Waals surface area contributed by atoms with E-state index in [1.54, 1.807) is 11.3 Å². The zero-order valence-corrected chi connectivity index (χ0v) is 10.9. The molecule has 17 heavy (non-hydrogen) atoms. The number of hydrogen-bond acceptors (Lipinski definition) is 4. The lowest BCUT2D eigenvalue weighted by molar-refractivity contribution is 0.482. The first-order valence-electron chi connectivity index (χ1n) is 6.08. The van der Waals surface area contributed by atoms with Crippen molar-refractivity contribution in [1.82, 2.24) is 15.0 Å². The Morgan fingerprint density at radius 1 is 1.29 bits per heavy atom. The van der Waals surface area contributed by atoms with Gasteiger partial charge in [0, 0.05) is 4.88 Å². The van der Waals surface area contributed by atoms with Gasteiger partial charge in [0.05, 0.1) is 11.4 Å². The number of nitrogens with zero attached hydrogens (tertiary/aromatic N) is 3. The summed E-state index contributed by atoms with van der Waals surface area (Å²) < 4.78 is 1.49. The van der Waals surface area contributed by atoms with Crippen molar-refractivity contribution in [2.45, 2.75) is 45.6 Å². The summed E-state index contributed by atoms with van der Waals surface area (Å²) in [4.78, 5) is 14.5. The van der Waals surface area contributed by atoms with Gasteiger partial charge in [0.1, 0.15) is 0 Å². The average Bonchev–Trinajstić information content (AvgIpc) is 2.67. The van der Waals surface area contributed by atoms with Crippen molar-refractivity contribution in [2.75, 3.05) is 0 Å². The van der Waals surface area contributed by atoms with Crippen LogP contribution >= 0.6 is 11.3 Å². The van der Waals surface area contributed by atoms with Crippen molar-refractivity contribution in [3.05, 3.63) is 20.8 Å². The predicted molar refractivity (Wildman–Crippen MR) is 68.7 cm³/mol. The normalized spacial score (nSPS) is 15.5. The maximum absolute atomic E-state index is 12.4. The third-order valence-corrected chi connectivity index (χ3v) is 4.47. The van der Waals surface area contributed by atoms with E-state index in [0.29, 0.717) is 0 Å². The molecule has 0 amide bonds. The number of aromatic nitrogens is 3. The van der Waals surface area contributed by atoms with Crippen LogP contribution in [0.15, 0.2) is 4.79 Å². The molecule has 4 nitrogen and oxygen atoms in total. The molecule has 2 heterocycles. The van der Waals surface area contributed by atoms with Crippen LogP contribution in [0.3, 0.4) is 0 Å². The van der Waals surface area contributed by atoms with E-state index in [4.69, 9.17) is 0 Å². The van der Waals surface area contributed by atoms with Gasteiger partial charge in [-0.2, -0.15) is 0 Å². The van der Waals surface area contributed by atoms with E-state index in [0.717, 1.165) is 23.1 Å². The molecule has 3 rings (SSSR count). The van der Waals surface area contributed by atoms with Crippen molar-refractivity contribution in [1.29, 1.82) is 0 Å². The Morgan fingerprint density at radius 3 is 2.82 bits per heavy atom. The van der Waals surface area contributed by atoms with Gasteiger partial charge in [-0.1, -0.05) is 5.21 Å². The molecule has 0 saturated heterocycles. The van der Waals surface area contributed by atoms with Gasteiger partial charge < -0.3 is 0 Å². The molecular formula is C12H15N3OS. The van der Waals surface area contributed by atoms with Crippen LogP contribution in [0.2, 0.25) is 0 Å². The van der Waals surface area contributed by atoms with Gasteiger partial charge in [-0.25, -0.2) is 4.68 Å². The van der Waals surface area contributed by atoms with Crippen LogP contribution in [0.25, 0.3) is 10.2 Å². The van der Waals surface area contributed by atoms with E-state index in [1.165, 1.54) is 28.0 Å². The van der Waals surface area contributed by atoms with Gasteiger partial charge in [-0.3, -0.25) is 4.79 Å². The highest BCUT2D eigenvalue weighted by molar-refractivity contribution is 7.18. The molecule has 1 aliphatic carbocycles. The highest BCUT2D eigenvalue weighted by Gasteiger charge is 2.20. The summed E-state index contributed by atoms with van der Waals surface area (Å²) in [7, 11) is 0. The SMILES string of the molecule is CC(C)n1nnc2sc3c(c2c1=O)CCCC3. The highest BCUT2D eigenvalue weighted by Crippen LogP contribution is 2.33. The Bertz CT molecular complexity index is 626. The number of fused-ring (bicyclic) bond motifs is 3. The lowest BCUT2D eigenvalue weighted by atomic mass is 9.97. The Balaban J connectivity index is 2.34. The largest absolute Gasteiger partial charge is 0.279 e. The van der Waals surface area contributed by atoms with Crippen LogP contribution in [0.5, 0.6) is 0 Å². The van der Waals surface area contributed by atoms with E-state index >= 15 is 0 Å². The second-order valence-corrected chi connectivity index (χ2v) is 5.91. The topological polar surface area (TPSA) is 47.8 Å². The molecule has 0 atom stereocenters. The van der Waals surface area contributed by atoms with Gasteiger partial charge in [0.15, 0.2) is 4.83 Å². The van der Waals surface area contributed by atoms with Gasteiger partial charge in [-0.15, -0.1) is 16.4 Å². The lowest BCUT2D eigenvalue weighted by Gasteiger charge is -2.10. The van der Waals surface area contributed by atoms with Gasteiger partial charge in [0.25, 0.3) is 5.56 Å². The summed E-state index contributed by atoms with van der Waals surface area (Å²) in [6.07, 6.45) is 4.53. The van der Waals surface area contributed by atoms with E-state index in [9.17, 15) is 4.79 Å². The van der Waals surface area contributed by atoms with Crippen LogP contribution < -0.4 is 5.56 Å². The molecule has 1 aliphatic rings. The van der Waals surface area contributed by atoms with Crippen molar-refractivity contribution < 1.29 is 0 Å². The minimum Gasteiger partial charge on any atom is -0.267 e. The second kappa shape index (κ2) is 3.91. The van der Waals surface area contributed by atoms with Crippen LogP contribution in [0.1, 0.15) is 43.2 Å². The highest BCUT2D eigenvalue weighted by atomic mass is 32.1. The summed E-state index contributed by atoms with van der Waals surface area (Å²) in [5, 5.41) is 9.04. The smallest absolute Gasteiger partial charge is 0.267 e. The zero-order valence-electron chi connectivity index (χ0n) is 10.1. The predicted octanol–water partition coefficient (Wildman–Crippen LogP) is 2.31. The first-order chi connectivity index (χ1) is 8.18. The van der Waals surface area contributed by atoms with E-state index in [-0.39, 0.29) is 11.6 Å². The maximum atomic E-state index is 12.4. The quantitative estimate of drug-likeness (QED) is 0.779. The first-order valence-corrected chi connectivity index (χ1v) is 6.90. The molecule has 0 unspecified atom stereocenters. The van der Waals surface area contributed by atoms with Crippen molar-refractivity contribution >= 4 is 21.6 Å². The van der Waals surface area contributed by atoms with Crippen LogP contribution in [-0.4, -0.2) is 15.0 Å². The second-order valence-electron chi connectivity index (χ2n) is 4.82. The molecule has 2 aromatic heterocycles. The summed E-state index contributed by atoms with van der Waals surface area (Å²) in [5.74, 6) is 0. The monoisotopic (exact) mass is 249 g/mol. The minimum absolute atomic E-state index is 0.0319. The summed E-state index contributed by atoms with van der Waals surface area (Å²) in [6.45, 7) is 3.92. The first kappa shape index (κ1) is 10.9. The standard InChI is InChI=1S/C12H15N3OS/c1-7(2)15-12(16)10-8-5-3-4-6-9(8)17-11(10)13-14-15/h7H,3-6H2,1-2H3. The molecular weight excluding hydrogens is 234 g/mol. The number of thiophene rings is 1. The molecule has 0 radical (unpaired) electrons. The Kier molecular flexibility index (Phi) is 2.50. The summed E-state index contributed by atoms with van der Waals surface area (Å²) >= 11 is 1.65. The molecule has 0 bridgehead atoms. The lowest BCUT2D eigenvalue weighted by Crippen LogP contribution is -2.26. The minimum atomic E-state index is 0.0319. The maximum Gasteiger partial charge on any atom is 0.279 e.